The summed E-state index contributed by atoms with van der Waals surface area (Å²) < 4.78 is 5.12. The molecule has 0 saturated heterocycles. The molecule has 0 radical (unpaired) electrons. The van der Waals surface area contributed by atoms with E-state index in [-0.39, 0.29) is 6.61 Å². The summed E-state index contributed by atoms with van der Waals surface area (Å²) in [6.07, 6.45) is 0. The Morgan fingerprint density at radius 2 is 2.35 bits per heavy atom. The molecule has 0 aliphatic carbocycles. The molecule has 6 nitrogen and oxygen atoms in total. The van der Waals surface area contributed by atoms with Gasteiger partial charge in [0.15, 0.2) is 5.82 Å². The van der Waals surface area contributed by atoms with Crippen LogP contribution in [-0.4, -0.2) is 27.4 Å². The minimum Gasteiger partial charge on any atom is -0.497 e. The van der Waals surface area contributed by atoms with Crippen molar-refractivity contribution >= 4 is 0 Å². The van der Waals surface area contributed by atoms with Crippen molar-refractivity contribution < 1.29 is 9.84 Å². The molecule has 0 amide bonds. The molecule has 0 unspecified atom stereocenters. The van der Waals surface area contributed by atoms with Crippen molar-refractivity contribution in [1.29, 1.82) is 0 Å². The Bertz CT molecular complexity index is 498. The van der Waals surface area contributed by atoms with Crippen LogP contribution in [0.1, 0.15) is 23.3 Å². The Balaban J connectivity index is 2.26. The van der Waals surface area contributed by atoms with Crippen LogP contribution in [-0.2, 0) is 6.61 Å². The molecule has 1 heterocycles. The van der Waals surface area contributed by atoms with Gasteiger partial charge in [0.2, 0.25) is 0 Å². The van der Waals surface area contributed by atoms with Gasteiger partial charge >= 0.3 is 0 Å². The topological polar surface area (TPSA) is 97.0 Å². The molecule has 2 rings (SSSR count). The second-order valence-electron chi connectivity index (χ2n) is 3.55. The first-order valence-corrected chi connectivity index (χ1v) is 5.16. The number of aromatic amines is 1. The van der Waals surface area contributed by atoms with Crippen LogP contribution in [0.15, 0.2) is 24.3 Å². The number of aliphatic hydroxyl groups is 1. The lowest BCUT2D eigenvalue weighted by molar-refractivity contribution is 0.271. The highest BCUT2D eigenvalue weighted by Crippen LogP contribution is 2.20. The number of ether oxygens (including phenoxy) is 1. The van der Waals surface area contributed by atoms with Gasteiger partial charge in [-0.2, -0.15) is 5.10 Å². The van der Waals surface area contributed by atoms with Crippen LogP contribution in [0, 0.1) is 0 Å². The molecule has 6 heteroatoms. The van der Waals surface area contributed by atoms with Crippen molar-refractivity contribution in [2.45, 2.75) is 12.6 Å². The molecule has 0 aliphatic rings. The molecule has 2 aromatic rings. The van der Waals surface area contributed by atoms with Crippen molar-refractivity contribution in [3.8, 4) is 5.75 Å². The van der Waals surface area contributed by atoms with Gasteiger partial charge in [-0.25, -0.2) is 4.98 Å². The maximum Gasteiger partial charge on any atom is 0.171 e. The zero-order valence-corrected chi connectivity index (χ0v) is 9.42. The first kappa shape index (κ1) is 11.6. The quantitative estimate of drug-likeness (QED) is 0.709. The molecular formula is C11H14N4O2. The van der Waals surface area contributed by atoms with Crippen molar-refractivity contribution in [3.63, 3.8) is 0 Å². The zero-order valence-electron chi connectivity index (χ0n) is 9.42. The minimum absolute atomic E-state index is 0.183. The third-order valence-electron chi connectivity index (χ3n) is 2.43. The van der Waals surface area contributed by atoms with Crippen LogP contribution in [0.5, 0.6) is 5.75 Å². The number of H-pyrrole nitrogens is 1. The molecule has 0 fully saturated rings. The van der Waals surface area contributed by atoms with E-state index in [4.69, 9.17) is 15.6 Å². The van der Waals surface area contributed by atoms with Gasteiger partial charge in [0, 0.05) is 0 Å². The fourth-order valence-corrected chi connectivity index (χ4v) is 1.50. The van der Waals surface area contributed by atoms with Crippen LogP contribution >= 0.6 is 0 Å². The van der Waals surface area contributed by atoms with Crippen LogP contribution in [0.25, 0.3) is 0 Å². The minimum atomic E-state index is -0.443. The molecular weight excluding hydrogens is 220 g/mol. The van der Waals surface area contributed by atoms with Crippen molar-refractivity contribution in [2.24, 2.45) is 5.73 Å². The SMILES string of the molecule is COc1cccc([C@H](N)c2n[nH]c(CO)n2)c1. The highest BCUT2D eigenvalue weighted by molar-refractivity contribution is 5.32. The first-order valence-electron chi connectivity index (χ1n) is 5.16. The molecule has 17 heavy (non-hydrogen) atoms. The lowest BCUT2D eigenvalue weighted by Crippen LogP contribution is -2.13. The van der Waals surface area contributed by atoms with E-state index < -0.39 is 6.04 Å². The van der Waals surface area contributed by atoms with E-state index >= 15 is 0 Å². The van der Waals surface area contributed by atoms with Crippen molar-refractivity contribution in [2.75, 3.05) is 7.11 Å². The summed E-state index contributed by atoms with van der Waals surface area (Å²) in [6.45, 7) is -0.183. The first-order chi connectivity index (χ1) is 8.24. The Labute approximate surface area is 98.4 Å². The molecule has 0 aliphatic heterocycles. The summed E-state index contributed by atoms with van der Waals surface area (Å²) in [4.78, 5) is 4.08. The van der Waals surface area contributed by atoms with E-state index in [0.29, 0.717) is 11.6 Å². The standard InChI is InChI=1S/C11H14N4O2/c1-17-8-4-2-3-7(5-8)10(12)11-13-9(6-16)14-15-11/h2-5,10,16H,6,12H2,1H3,(H,13,14,15)/t10-/m0/s1. The van der Waals surface area contributed by atoms with Gasteiger partial charge in [-0.05, 0) is 17.7 Å². The predicted molar refractivity (Wildman–Crippen MR) is 61.3 cm³/mol. The molecule has 1 aromatic carbocycles. The summed E-state index contributed by atoms with van der Waals surface area (Å²) in [5, 5.41) is 15.5. The number of hydrogen-bond donors (Lipinski definition) is 3. The number of hydrogen-bond acceptors (Lipinski definition) is 5. The van der Waals surface area contributed by atoms with Gasteiger partial charge in [-0.1, -0.05) is 12.1 Å². The van der Waals surface area contributed by atoms with Gasteiger partial charge in [0.25, 0.3) is 0 Å². The number of aromatic nitrogens is 3. The normalized spacial score (nSPS) is 12.4. The monoisotopic (exact) mass is 234 g/mol. The summed E-state index contributed by atoms with van der Waals surface area (Å²) in [5.41, 5.74) is 6.88. The van der Waals surface area contributed by atoms with E-state index in [9.17, 15) is 0 Å². The average molecular weight is 234 g/mol. The van der Waals surface area contributed by atoms with E-state index in [2.05, 4.69) is 15.2 Å². The molecule has 0 spiro atoms. The third kappa shape index (κ3) is 2.43. The molecule has 1 aromatic heterocycles. The maximum absolute atomic E-state index is 8.89. The lowest BCUT2D eigenvalue weighted by Gasteiger charge is -2.09. The van der Waals surface area contributed by atoms with Crippen LogP contribution in [0.3, 0.4) is 0 Å². The van der Waals surface area contributed by atoms with Gasteiger partial charge in [0.05, 0.1) is 13.2 Å². The lowest BCUT2D eigenvalue weighted by atomic mass is 10.1. The van der Waals surface area contributed by atoms with Crippen molar-refractivity contribution in [1.82, 2.24) is 15.2 Å². The Morgan fingerprint density at radius 1 is 1.53 bits per heavy atom. The Hall–Kier alpha value is -1.92. The number of methoxy groups -OCH3 is 1. The number of nitrogens with zero attached hydrogens (tertiary/aromatic N) is 2. The van der Waals surface area contributed by atoms with Crippen LogP contribution in [0.4, 0.5) is 0 Å². The van der Waals surface area contributed by atoms with E-state index in [1.54, 1.807) is 7.11 Å². The van der Waals surface area contributed by atoms with E-state index in [0.717, 1.165) is 11.3 Å². The summed E-state index contributed by atoms with van der Waals surface area (Å²) in [6, 6.07) is 6.96. The second kappa shape index (κ2) is 4.94. The Morgan fingerprint density at radius 3 is 3.00 bits per heavy atom. The van der Waals surface area contributed by atoms with Crippen molar-refractivity contribution in [3.05, 3.63) is 41.5 Å². The molecule has 0 bridgehead atoms. The number of rotatable bonds is 4. The van der Waals surface area contributed by atoms with Crippen LogP contribution in [0.2, 0.25) is 0 Å². The molecule has 1 atom stereocenters. The number of nitrogens with two attached hydrogens (primary N) is 1. The molecule has 90 valence electrons. The van der Waals surface area contributed by atoms with Gasteiger partial charge < -0.3 is 15.6 Å². The Kier molecular flexibility index (Phi) is 3.36. The summed E-state index contributed by atoms with van der Waals surface area (Å²) in [7, 11) is 1.60. The zero-order chi connectivity index (χ0) is 12.3. The largest absolute Gasteiger partial charge is 0.497 e. The third-order valence-corrected chi connectivity index (χ3v) is 2.43. The molecule has 0 saturated carbocycles. The maximum atomic E-state index is 8.89. The van der Waals surface area contributed by atoms with Gasteiger partial charge in [-0.15, -0.1) is 0 Å². The fourth-order valence-electron chi connectivity index (χ4n) is 1.50. The van der Waals surface area contributed by atoms with Gasteiger partial charge in [-0.3, -0.25) is 5.10 Å². The fraction of sp³-hybridized carbons (Fsp3) is 0.273. The van der Waals surface area contributed by atoms with Gasteiger partial charge in [0.1, 0.15) is 18.2 Å². The van der Waals surface area contributed by atoms with Crippen LogP contribution < -0.4 is 10.5 Å². The molecule has 4 N–H and O–H groups in total. The number of nitrogens with one attached hydrogen (secondary N) is 1. The smallest absolute Gasteiger partial charge is 0.171 e. The predicted octanol–water partition coefficient (Wildman–Crippen LogP) is 0.354. The summed E-state index contributed by atoms with van der Waals surface area (Å²) in [5.74, 6) is 1.58. The summed E-state index contributed by atoms with van der Waals surface area (Å²) >= 11 is 0. The van der Waals surface area contributed by atoms with E-state index in [1.807, 2.05) is 24.3 Å². The number of aliphatic hydroxyl groups excluding tert-OH is 1. The van der Waals surface area contributed by atoms with E-state index in [1.165, 1.54) is 0 Å². The number of benzene rings is 1. The highest BCUT2D eigenvalue weighted by Gasteiger charge is 2.14. The average Bonchev–Trinajstić information content (AvgIpc) is 2.86. The highest BCUT2D eigenvalue weighted by atomic mass is 16.5. The second-order valence-corrected chi connectivity index (χ2v) is 3.55.